The minimum Gasteiger partial charge on any atom is -0.497 e. The van der Waals surface area contributed by atoms with Crippen molar-refractivity contribution in [3.8, 4) is 5.75 Å². The lowest BCUT2D eigenvalue weighted by Gasteiger charge is -2.36. The fourth-order valence-corrected chi connectivity index (χ4v) is 3.17. The van der Waals surface area contributed by atoms with Crippen molar-refractivity contribution in [1.82, 2.24) is 4.90 Å². The van der Waals surface area contributed by atoms with Crippen LogP contribution in [-0.2, 0) is 4.79 Å². The Bertz CT molecular complexity index is 753. The number of carbonyl (C=O) groups is 2. The minimum atomic E-state index is -0.0276. The number of para-hydroxylation sites is 1. The molecule has 0 aromatic heterocycles. The maximum absolute atomic E-state index is 12.4. The highest BCUT2D eigenvalue weighted by Crippen LogP contribution is 2.17. The standard InChI is InChI=1S/C21H24N2O3/c1-26-19-9-5-6-17(16-19)20(24)10-11-21(25)23-14-12-22(13-15-23)18-7-3-2-4-8-18/h2-9,16H,10-15H2,1H3. The summed E-state index contributed by atoms with van der Waals surface area (Å²) in [6, 6.07) is 17.3. The normalized spacial score (nSPS) is 14.2. The average Bonchev–Trinajstić information content (AvgIpc) is 2.72. The quantitative estimate of drug-likeness (QED) is 0.750. The fraction of sp³-hybridized carbons (Fsp3) is 0.333. The van der Waals surface area contributed by atoms with Gasteiger partial charge in [0, 0.05) is 50.3 Å². The first-order valence-corrected chi connectivity index (χ1v) is 8.92. The summed E-state index contributed by atoms with van der Waals surface area (Å²) >= 11 is 0. The first-order valence-electron chi connectivity index (χ1n) is 8.92. The Balaban J connectivity index is 1.47. The molecule has 136 valence electrons. The van der Waals surface area contributed by atoms with Crippen molar-refractivity contribution in [3.63, 3.8) is 0 Å². The Morgan fingerprint density at radius 1 is 0.923 bits per heavy atom. The van der Waals surface area contributed by atoms with Gasteiger partial charge in [0.2, 0.25) is 5.91 Å². The molecule has 3 rings (SSSR count). The summed E-state index contributed by atoms with van der Waals surface area (Å²) in [7, 11) is 1.57. The van der Waals surface area contributed by atoms with Gasteiger partial charge in [0.15, 0.2) is 5.78 Å². The van der Waals surface area contributed by atoms with Crippen molar-refractivity contribution in [2.75, 3.05) is 38.2 Å². The van der Waals surface area contributed by atoms with Crippen LogP contribution in [-0.4, -0.2) is 49.9 Å². The van der Waals surface area contributed by atoms with Crippen molar-refractivity contribution >= 4 is 17.4 Å². The van der Waals surface area contributed by atoms with Gasteiger partial charge in [-0.15, -0.1) is 0 Å². The zero-order chi connectivity index (χ0) is 18.4. The first kappa shape index (κ1) is 18.0. The van der Waals surface area contributed by atoms with Crippen molar-refractivity contribution in [1.29, 1.82) is 0 Å². The van der Waals surface area contributed by atoms with E-state index in [1.54, 1.807) is 31.4 Å². The molecule has 1 fully saturated rings. The van der Waals surface area contributed by atoms with E-state index in [9.17, 15) is 9.59 Å². The number of hydrogen-bond donors (Lipinski definition) is 0. The highest BCUT2D eigenvalue weighted by Gasteiger charge is 2.21. The molecule has 1 saturated heterocycles. The second-order valence-electron chi connectivity index (χ2n) is 6.36. The lowest BCUT2D eigenvalue weighted by atomic mass is 10.1. The molecule has 1 heterocycles. The molecule has 1 amide bonds. The number of methoxy groups -OCH3 is 1. The second-order valence-corrected chi connectivity index (χ2v) is 6.36. The maximum Gasteiger partial charge on any atom is 0.223 e. The van der Waals surface area contributed by atoms with Crippen LogP contribution in [0.4, 0.5) is 5.69 Å². The molecule has 0 saturated carbocycles. The zero-order valence-corrected chi connectivity index (χ0v) is 15.1. The summed E-state index contributed by atoms with van der Waals surface area (Å²) in [5, 5.41) is 0. The molecule has 0 aliphatic carbocycles. The van der Waals surface area contributed by atoms with E-state index in [1.165, 1.54) is 5.69 Å². The summed E-state index contributed by atoms with van der Waals surface area (Å²) < 4.78 is 5.14. The summed E-state index contributed by atoms with van der Waals surface area (Å²) in [4.78, 5) is 28.9. The molecule has 5 heteroatoms. The predicted octanol–water partition coefficient (Wildman–Crippen LogP) is 3.01. The van der Waals surface area contributed by atoms with Gasteiger partial charge < -0.3 is 14.5 Å². The van der Waals surface area contributed by atoms with Gasteiger partial charge in [0.1, 0.15) is 5.75 Å². The number of carbonyl (C=O) groups excluding carboxylic acids is 2. The third-order valence-electron chi connectivity index (χ3n) is 4.71. The Hall–Kier alpha value is -2.82. The monoisotopic (exact) mass is 352 g/mol. The first-order chi connectivity index (χ1) is 12.7. The van der Waals surface area contributed by atoms with E-state index < -0.39 is 0 Å². The van der Waals surface area contributed by atoms with Crippen LogP contribution in [0, 0.1) is 0 Å². The Morgan fingerprint density at radius 2 is 1.65 bits per heavy atom. The summed E-state index contributed by atoms with van der Waals surface area (Å²) in [5.41, 5.74) is 1.78. The van der Waals surface area contributed by atoms with Gasteiger partial charge in [0.25, 0.3) is 0 Å². The molecule has 2 aromatic rings. The van der Waals surface area contributed by atoms with E-state index >= 15 is 0 Å². The van der Waals surface area contributed by atoms with E-state index in [-0.39, 0.29) is 24.5 Å². The van der Waals surface area contributed by atoms with Crippen molar-refractivity contribution in [2.24, 2.45) is 0 Å². The minimum absolute atomic E-state index is 0.0276. The van der Waals surface area contributed by atoms with Crippen LogP contribution < -0.4 is 9.64 Å². The lowest BCUT2D eigenvalue weighted by molar-refractivity contribution is -0.131. The maximum atomic E-state index is 12.4. The predicted molar refractivity (Wildman–Crippen MR) is 102 cm³/mol. The molecule has 0 spiro atoms. The molecule has 0 atom stereocenters. The highest BCUT2D eigenvalue weighted by molar-refractivity contribution is 5.98. The largest absolute Gasteiger partial charge is 0.497 e. The molecular weight excluding hydrogens is 328 g/mol. The van der Waals surface area contributed by atoms with E-state index in [4.69, 9.17) is 4.74 Å². The number of nitrogens with zero attached hydrogens (tertiary/aromatic N) is 2. The molecule has 1 aliphatic heterocycles. The van der Waals surface area contributed by atoms with Crippen LogP contribution in [0.25, 0.3) is 0 Å². The van der Waals surface area contributed by atoms with Crippen LogP contribution in [0.5, 0.6) is 5.75 Å². The smallest absolute Gasteiger partial charge is 0.223 e. The van der Waals surface area contributed by atoms with Crippen molar-refractivity contribution < 1.29 is 14.3 Å². The van der Waals surface area contributed by atoms with E-state index in [2.05, 4.69) is 17.0 Å². The summed E-state index contributed by atoms with van der Waals surface area (Å²) in [5.74, 6) is 0.674. The molecule has 26 heavy (non-hydrogen) atoms. The molecule has 0 unspecified atom stereocenters. The van der Waals surface area contributed by atoms with E-state index in [0.29, 0.717) is 24.4 Å². The lowest BCUT2D eigenvalue weighted by Crippen LogP contribution is -2.48. The van der Waals surface area contributed by atoms with Gasteiger partial charge in [-0.25, -0.2) is 0 Å². The third-order valence-corrected chi connectivity index (χ3v) is 4.71. The average molecular weight is 352 g/mol. The number of anilines is 1. The van der Waals surface area contributed by atoms with E-state index in [1.807, 2.05) is 23.1 Å². The molecule has 1 aliphatic rings. The van der Waals surface area contributed by atoms with E-state index in [0.717, 1.165) is 13.1 Å². The van der Waals surface area contributed by atoms with Crippen LogP contribution in [0.1, 0.15) is 23.2 Å². The van der Waals surface area contributed by atoms with Gasteiger partial charge in [-0.2, -0.15) is 0 Å². The van der Waals surface area contributed by atoms with Crippen LogP contribution in [0.3, 0.4) is 0 Å². The van der Waals surface area contributed by atoms with Gasteiger partial charge in [-0.1, -0.05) is 30.3 Å². The number of ketones is 1. The number of amides is 1. The van der Waals surface area contributed by atoms with Gasteiger partial charge >= 0.3 is 0 Å². The number of ether oxygens (including phenoxy) is 1. The highest BCUT2D eigenvalue weighted by atomic mass is 16.5. The van der Waals surface area contributed by atoms with Crippen LogP contribution >= 0.6 is 0 Å². The number of benzene rings is 2. The molecule has 0 N–H and O–H groups in total. The van der Waals surface area contributed by atoms with Crippen LogP contribution in [0.2, 0.25) is 0 Å². The second kappa shape index (κ2) is 8.52. The van der Waals surface area contributed by atoms with Gasteiger partial charge in [-0.05, 0) is 24.3 Å². The molecule has 2 aromatic carbocycles. The molecular formula is C21H24N2O3. The number of Topliss-reactive ketones (excluding diaryl/α,β-unsaturated/α-hetero) is 1. The molecule has 0 bridgehead atoms. The number of piperazine rings is 1. The fourth-order valence-electron chi connectivity index (χ4n) is 3.17. The zero-order valence-electron chi connectivity index (χ0n) is 15.1. The van der Waals surface area contributed by atoms with Crippen molar-refractivity contribution in [3.05, 3.63) is 60.2 Å². The molecule has 5 nitrogen and oxygen atoms in total. The Kier molecular flexibility index (Phi) is 5.89. The van der Waals surface area contributed by atoms with Gasteiger partial charge in [0.05, 0.1) is 7.11 Å². The Labute approximate surface area is 154 Å². The number of rotatable bonds is 6. The van der Waals surface area contributed by atoms with Crippen molar-refractivity contribution in [2.45, 2.75) is 12.8 Å². The van der Waals surface area contributed by atoms with Gasteiger partial charge in [-0.3, -0.25) is 9.59 Å². The van der Waals surface area contributed by atoms with Crippen LogP contribution in [0.15, 0.2) is 54.6 Å². The summed E-state index contributed by atoms with van der Waals surface area (Å²) in [6.45, 7) is 3.03. The SMILES string of the molecule is COc1cccc(C(=O)CCC(=O)N2CCN(c3ccccc3)CC2)c1. The topological polar surface area (TPSA) is 49.9 Å². The number of hydrogen-bond acceptors (Lipinski definition) is 4. The Morgan fingerprint density at radius 3 is 2.35 bits per heavy atom. The molecule has 0 radical (unpaired) electrons. The third kappa shape index (κ3) is 4.42. The summed E-state index contributed by atoms with van der Waals surface area (Å²) in [6.07, 6.45) is 0.478.